The van der Waals surface area contributed by atoms with E-state index in [0.717, 1.165) is 0 Å². The maximum atomic E-state index is 11.1. The molecule has 3 nitrogen and oxygen atoms in total. The molecule has 1 aromatic carbocycles. The van der Waals surface area contributed by atoms with Crippen LogP contribution in [0.15, 0.2) is 12.1 Å². The van der Waals surface area contributed by atoms with Gasteiger partial charge in [0, 0.05) is 12.6 Å². The van der Waals surface area contributed by atoms with Crippen LogP contribution in [0.4, 0.5) is 0 Å². The average molecular weight is 261 g/mol. The van der Waals surface area contributed by atoms with Crippen LogP contribution in [0, 0.1) is 19.8 Å². The first kappa shape index (κ1) is 14.1. The molecule has 0 amide bonds. The van der Waals surface area contributed by atoms with E-state index in [2.05, 4.69) is 45.1 Å². The highest BCUT2D eigenvalue weighted by atomic mass is 16.4. The van der Waals surface area contributed by atoms with Gasteiger partial charge in [-0.25, -0.2) is 0 Å². The molecule has 0 spiro atoms. The number of carbonyl (C=O) groups is 1. The predicted molar refractivity (Wildman–Crippen MR) is 76.5 cm³/mol. The summed E-state index contributed by atoms with van der Waals surface area (Å²) < 4.78 is 0. The number of carboxylic acids is 1. The fraction of sp³-hybridized carbons (Fsp3) is 0.562. The van der Waals surface area contributed by atoms with Crippen LogP contribution < -0.4 is 5.32 Å². The molecule has 2 unspecified atom stereocenters. The van der Waals surface area contributed by atoms with Crippen molar-refractivity contribution in [3.8, 4) is 0 Å². The summed E-state index contributed by atoms with van der Waals surface area (Å²) in [6.07, 6.45) is 0.692. The Morgan fingerprint density at radius 2 is 2.05 bits per heavy atom. The third-order valence-corrected chi connectivity index (χ3v) is 4.25. The van der Waals surface area contributed by atoms with Crippen molar-refractivity contribution in [1.29, 1.82) is 0 Å². The van der Waals surface area contributed by atoms with Gasteiger partial charge in [0.15, 0.2) is 0 Å². The van der Waals surface area contributed by atoms with Crippen LogP contribution in [-0.2, 0) is 4.79 Å². The first-order chi connectivity index (χ1) is 8.90. The van der Waals surface area contributed by atoms with Gasteiger partial charge in [-0.1, -0.05) is 26.0 Å². The number of hydrogen-bond donors (Lipinski definition) is 2. The number of aliphatic carboxylic acids is 1. The normalized spacial score (nSPS) is 23.0. The second-order valence-electron chi connectivity index (χ2n) is 5.94. The molecule has 1 aliphatic heterocycles. The Balaban J connectivity index is 2.32. The number of rotatable bonds is 3. The van der Waals surface area contributed by atoms with Gasteiger partial charge >= 0.3 is 5.97 Å². The van der Waals surface area contributed by atoms with Gasteiger partial charge in [-0.05, 0) is 48.4 Å². The van der Waals surface area contributed by atoms with Gasteiger partial charge < -0.3 is 10.4 Å². The fourth-order valence-corrected chi connectivity index (χ4v) is 2.77. The first-order valence-electron chi connectivity index (χ1n) is 6.97. The molecule has 3 heteroatoms. The molecule has 1 saturated heterocycles. The standard InChI is InChI=1S/C16H23NO2/c1-9(2)12-5-10(3)11(4)14(6-12)15-7-13(8-17-15)16(18)19/h5-6,9,13,15,17H,7-8H2,1-4H3,(H,18,19). The van der Waals surface area contributed by atoms with E-state index < -0.39 is 5.97 Å². The van der Waals surface area contributed by atoms with Gasteiger partial charge in [-0.2, -0.15) is 0 Å². The summed E-state index contributed by atoms with van der Waals surface area (Å²) >= 11 is 0. The Morgan fingerprint density at radius 1 is 1.37 bits per heavy atom. The zero-order chi connectivity index (χ0) is 14.2. The molecule has 0 aliphatic carbocycles. The lowest BCUT2D eigenvalue weighted by Crippen LogP contribution is -2.18. The Morgan fingerprint density at radius 3 is 2.58 bits per heavy atom. The lowest BCUT2D eigenvalue weighted by atomic mass is 9.89. The van der Waals surface area contributed by atoms with Gasteiger partial charge in [0.05, 0.1) is 5.92 Å². The highest BCUT2D eigenvalue weighted by Gasteiger charge is 2.31. The Kier molecular flexibility index (Phi) is 3.95. The van der Waals surface area contributed by atoms with E-state index in [1.165, 1.54) is 22.3 Å². The number of aryl methyl sites for hydroxylation is 1. The van der Waals surface area contributed by atoms with Crippen LogP contribution in [0.1, 0.15) is 54.5 Å². The molecular formula is C16H23NO2. The number of carboxylic acid groups (broad SMARTS) is 1. The Bertz CT molecular complexity index is 494. The zero-order valence-corrected chi connectivity index (χ0v) is 12.2. The van der Waals surface area contributed by atoms with Gasteiger partial charge in [-0.15, -0.1) is 0 Å². The number of benzene rings is 1. The minimum absolute atomic E-state index is 0.179. The van der Waals surface area contributed by atoms with E-state index in [9.17, 15) is 4.79 Å². The molecule has 2 rings (SSSR count). The van der Waals surface area contributed by atoms with Crippen molar-refractivity contribution in [3.05, 3.63) is 34.4 Å². The van der Waals surface area contributed by atoms with Crippen molar-refractivity contribution in [3.63, 3.8) is 0 Å². The van der Waals surface area contributed by atoms with Crippen molar-refractivity contribution in [2.24, 2.45) is 5.92 Å². The third kappa shape index (κ3) is 2.81. The lowest BCUT2D eigenvalue weighted by molar-refractivity contribution is -0.141. The van der Waals surface area contributed by atoms with E-state index in [1.54, 1.807) is 0 Å². The zero-order valence-electron chi connectivity index (χ0n) is 12.2. The van der Waals surface area contributed by atoms with E-state index in [-0.39, 0.29) is 12.0 Å². The molecular weight excluding hydrogens is 238 g/mol. The minimum Gasteiger partial charge on any atom is -0.481 e. The van der Waals surface area contributed by atoms with Crippen LogP contribution >= 0.6 is 0 Å². The molecule has 1 aromatic rings. The summed E-state index contributed by atoms with van der Waals surface area (Å²) in [5.41, 5.74) is 5.18. The number of nitrogens with one attached hydrogen (secondary N) is 1. The summed E-state index contributed by atoms with van der Waals surface area (Å²) in [6, 6.07) is 4.67. The highest BCUT2D eigenvalue weighted by Crippen LogP contribution is 2.32. The SMILES string of the molecule is Cc1cc(C(C)C)cc(C2CC(C(=O)O)CN2)c1C. The van der Waals surface area contributed by atoms with Crippen LogP contribution in [0.2, 0.25) is 0 Å². The molecule has 19 heavy (non-hydrogen) atoms. The summed E-state index contributed by atoms with van der Waals surface area (Å²) in [4.78, 5) is 11.1. The summed E-state index contributed by atoms with van der Waals surface area (Å²) in [7, 11) is 0. The highest BCUT2D eigenvalue weighted by molar-refractivity contribution is 5.71. The fourth-order valence-electron chi connectivity index (χ4n) is 2.77. The topological polar surface area (TPSA) is 49.3 Å². The molecule has 0 aromatic heterocycles. The monoisotopic (exact) mass is 261 g/mol. The smallest absolute Gasteiger partial charge is 0.307 e. The largest absolute Gasteiger partial charge is 0.481 e. The summed E-state index contributed by atoms with van der Waals surface area (Å²) in [6.45, 7) is 9.22. The van der Waals surface area contributed by atoms with Gasteiger partial charge in [-0.3, -0.25) is 4.79 Å². The molecule has 0 radical (unpaired) electrons. The van der Waals surface area contributed by atoms with Gasteiger partial charge in [0.25, 0.3) is 0 Å². The second-order valence-corrected chi connectivity index (χ2v) is 5.94. The van der Waals surface area contributed by atoms with Crippen LogP contribution in [0.25, 0.3) is 0 Å². The van der Waals surface area contributed by atoms with Crippen LogP contribution in [0.5, 0.6) is 0 Å². The molecule has 104 valence electrons. The van der Waals surface area contributed by atoms with Crippen LogP contribution in [0.3, 0.4) is 0 Å². The number of hydrogen-bond acceptors (Lipinski definition) is 2. The van der Waals surface area contributed by atoms with Crippen molar-refractivity contribution in [2.45, 2.75) is 46.1 Å². The molecule has 1 aliphatic rings. The lowest BCUT2D eigenvalue weighted by Gasteiger charge is -2.19. The maximum absolute atomic E-state index is 11.1. The summed E-state index contributed by atoms with van der Waals surface area (Å²) in [5.74, 6) is -0.452. The van der Waals surface area contributed by atoms with E-state index in [1.807, 2.05) is 0 Å². The first-order valence-corrected chi connectivity index (χ1v) is 6.97. The Labute approximate surface area is 115 Å². The van der Waals surface area contributed by atoms with Crippen LogP contribution in [-0.4, -0.2) is 17.6 Å². The minimum atomic E-state index is -0.690. The van der Waals surface area contributed by atoms with Crippen molar-refractivity contribution >= 4 is 5.97 Å². The molecule has 1 heterocycles. The maximum Gasteiger partial charge on any atom is 0.307 e. The molecule has 2 N–H and O–H groups in total. The summed E-state index contributed by atoms with van der Waals surface area (Å²) in [5, 5.41) is 12.5. The third-order valence-electron chi connectivity index (χ3n) is 4.25. The second kappa shape index (κ2) is 5.33. The molecule has 0 saturated carbocycles. The van der Waals surface area contributed by atoms with E-state index in [4.69, 9.17) is 5.11 Å². The van der Waals surface area contributed by atoms with E-state index in [0.29, 0.717) is 18.9 Å². The molecule has 0 bridgehead atoms. The average Bonchev–Trinajstić information content (AvgIpc) is 2.81. The van der Waals surface area contributed by atoms with Gasteiger partial charge in [0.2, 0.25) is 0 Å². The van der Waals surface area contributed by atoms with Crippen molar-refractivity contribution in [2.75, 3.05) is 6.54 Å². The predicted octanol–water partition coefficient (Wildman–Crippen LogP) is 3.16. The van der Waals surface area contributed by atoms with Gasteiger partial charge in [0.1, 0.15) is 0 Å². The Hall–Kier alpha value is -1.35. The molecule has 1 fully saturated rings. The van der Waals surface area contributed by atoms with Crippen molar-refractivity contribution < 1.29 is 9.90 Å². The van der Waals surface area contributed by atoms with Crippen molar-refractivity contribution in [1.82, 2.24) is 5.32 Å². The van der Waals surface area contributed by atoms with E-state index >= 15 is 0 Å². The molecule has 2 atom stereocenters. The quantitative estimate of drug-likeness (QED) is 0.878.